The second-order valence-electron chi connectivity index (χ2n) is 7.10. The molecule has 2 aromatic rings. The lowest BCUT2D eigenvalue weighted by molar-refractivity contribution is 0.458. The summed E-state index contributed by atoms with van der Waals surface area (Å²) in [4.78, 5) is 0. The van der Waals surface area contributed by atoms with E-state index in [0.29, 0.717) is 5.92 Å². The van der Waals surface area contributed by atoms with Gasteiger partial charge in [0.15, 0.2) is 0 Å². The van der Waals surface area contributed by atoms with E-state index in [1.165, 1.54) is 36.5 Å². The Hall–Kier alpha value is -1.58. The van der Waals surface area contributed by atoms with Gasteiger partial charge in [0.05, 0.1) is 0 Å². The average Bonchev–Trinajstić information content (AvgIpc) is 2.72. The number of rotatable bonds is 6. The van der Waals surface area contributed by atoms with E-state index in [1.54, 1.807) is 0 Å². The highest BCUT2D eigenvalue weighted by Crippen LogP contribution is 2.28. The summed E-state index contributed by atoms with van der Waals surface area (Å²) in [6.07, 6.45) is 2.47. The summed E-state index contributed by atoms with van der Waals surface area (Å²) in [7, 11) is -0.171. The van der Waals surface area contributed by atoms with Gasteiger partial charge in [0.1, 0.15) is 11.5 Å². The van der Waals surface area contributed by atoms with E-state index in [2.05, 4.69) is 50.4 Å². The van der Waals surface area contributed by atoms with Crippen LogP contribution in [-0.4, -0.2) is 21.9 Å². The van der Waals surface area contributed by atoms with Crippen LogP contribution in [0, 0.1) is 0 Å². The smallest absolute Gasteiger partial charge is 0.127 e. The molecule has 1 N–H and O–H groups in total. The summed E-state index contributed by atoms with van der Waals surface area (Å²) in [5.41, 5.74) is 1.43. The van der Waals surface area contributed by atoms with Crippen LogP contribution in [0.2, 0.25) is 18.1 Å². The largest absolute Gasteiger partial charge is 0.457 e. The van der Waals surface area contributed by atoms with Gasteiger partial charge >= 0.3 is 0 Å². The van der Waals surface area contributed by atoms with Gasteiger partial charge in [0, 0.05) is 8.80 Å². The molecule has 0 spiro atoms. The third-order valence-electron chi connectivity index (χ3n) is 5.40. The maximum atomic E-state index is 5.81. The fraction of sp³-hybridized carbons (Fsp3) is 0.478. The summed E-state index contributed by atoms with van der Waals surface area (Å²) in [6, 6.07) is 22.9. The van der Waals surface area contributed by atoms with E-state index in [1.807, 2.05) is 30.3 Å². The maximum absolute atomic E-state index is 5.81. The number of piperidine rings is 1. The molecule has 1 saturated heterocycles. The second kappa shape index (κ2) is 11.9. The monoisotopic (exact) mass is 369 g/mol. The van der Waals surface area contributed by atoms with Crippen LogP contribution in [0.5, 0.6) is 11.5 Å². The van der Waals surface area contributed by atoms with Crippen molar-refractivity contribution in [1.29, 1.82) is 0 Å². The van der Waals surface area contributed by atoms with Gasteiger partial charge in [-0.1, -0.05) is 69.2 Å². The lowest BCUT2D eigenvalue weighted by Gasteiger charge is -2.23. The van der Waals surface area contributed by atoms with Crippen molar-refractivity contribution in [1.82, 2.24) is 5.32 Å². The third-order valence-corrected chi connectivity index (χ3v) is 8.87. The Morgan fingerprint density at radius 3 is 1.85 bits per heavy atom. The molecule has 0 amide bonds. The van der Waals surface area contributed by atoms with Crippen LogP contribution in [0.4, 0.5) is 0 Å². The van der Waals surface area contributed by atoms with Gasteiger partial charge in [-0.2, -0.15) is 0 Å². The molecule has 0 aromatic heterocycles. The van der Waals surface area contributed by atoms with Crippen molar-refractivity contribution in [2.75, 3.05) is 13.1 Å². The minimum Gasteiger partial charge on any atom is -0.457 e. The van der Waals surface area contributed by atoms with E-state index >= 15 is 0 Å². The SMILES string of the molecule is CC[SiH](CC)CC.c1ccc(Oc2ccc(C3CCNCC3)cc2)cc1. The molecular formula is C23H35NOSi. The third kappa shape index (κ3) is 6.97. The fourth-order valence-electron chi connectivity index (χ4n) is 3.45. The molecule has 0 radical (unpaired) electrons. The Labute approximate surface area is 161 Å². The zero-order valence-electron chi connectivity index (χ0n) is 16.7. The Balaban J connectivity index is 0.000000298. The van der Waals surface area contributed by atoms with E-state index in [0.717, 1.165) is 24.6 Å². The molecule has 0 saturated carbocycles. The fourth-order valence-corrected chi connectivity index (χ4v) is 5.19. The van der Waals surface area contributed by atoms with Crippen molar-refractivity contribution in [3.8, 4) is 11.5 Å². The summed E-state index contributed by atoms with van der Waals surface area (Å²) in [5, 5.41) is 3.40. The van der Waals surface area contributed by atoms with Crippen LogP contribution < -0.4 is 10.1 Å². The van der Waals surface area contributed by atoms with Crippen molar-refractivity contribution >= 4 is 8.80 Å². The van der Waals surface area contributed by atoms with E-state index < -0.39 is 0 Å². The molecule has 0 aliphatic carbocycles. The molecule has 0 atom stereocenters. The van der Waals surface area contributed by atoms with Gasteiger partial charge in [-0.3, -0.25) is 0 Å². The number of para-hydroxylation sites is 1. The molecule has 0 bridgehead atoms. The zero-order valence-corrected chi connectivity index (χ0v) is 17.9. The first kappa shape index (κ1) is 20.7. The van der Waals surface area contributed by atoms with E-state index in [4.69, 9.17) is 4.74 Å². The molecule has 142 valence electrons. The highest BCUT2D eigenvalue weighted by molar-refractivity contribution is 6.58. The first-order valence-electron chi connectivity index (χ1n) is 10.3. The van der Waals surface area contributed by atoms with Gasteiger partial charge in [0.2, 0.25) is 0 Å². The van der Waals surface area contributed by atoms with Crippen LogP contribution in [0.25, 0.3) is 0 Å². The Kier molecular flexibility index (Phi) is 9.50. The second-order valence-corrected chi connectivity index (χ2v) is 11.3. The first-order valence-corrected chi connectivity index (χ1v) is 12.7. The molecule has 3 heteroatoms. The van der Waals surface area contributed by atoms with Crippen LogP contribution in [-0.2, 0) is 0 Å². The quantitative estimate of drug-likeness (QED) is 0.610. The minimum atomic E-state index is -0.171. The van der Waals surface area contributed by atoms with Crippen molar-refractivity contribution in [3.63, 3.8) is 0 Å². The standard InChI is InChI=1S/C17H19NO.C6H16Si/c1-2-4-16(5-3-1)19-17-8-6-14(7-9-17)15-10-12-18-13-11-15;1-4-7(5-2)6-3/h1-9,15,18H,10-13H2;7H,4-6H2,1-3H3. The molecule has 2 nitrogen and oxygen atoms in total. The van der Waals surface area contributed by atoms with Crippen molar-refractivity contribution in [2.24, 2.45) is 0 Å². The van der Waals surface area contributed by atoms with Crippen molar-refractivity contribution < 1.29 is 4.74 Å². The molecule has 1 fully saturated rings. The molecule has 1 heterocycles. The van der Waals surface area contributed by atoms with Gasteiger partial charge in [-0.25, -0.2) is 0 Å². The molecule has 1 aliphatic rings. The lowest BCUT2D eigenvalue weighted by atomic mass is 9.90. The number of ether oxygens (including phenoxy) is 1. The highest BCUT2D eigenvalue weighted by atomic mass is 28.3. The van der Waals surface area contributed by atoms with E-state index in [-0.39, 0.29) is 8.80 Å². The number of nitrogens with one attached hydrogen (secondary N) is 1. The van der Waals surface area contributed by atoms with Gasteiger partial charge in [-0.05, 0) is 61.7 Å². The zero-order chi connectivity index (χ0) is 18.6. The maximum Gasteiger partial charge on any atom is 0.127 e. The van der Waals surface area contributed by atoms with Crippen LogP contribution in [0.3, 0.4) is 0 Å². The van der Waals surface area contributed by atoms with Crippen LogP contribution in [0.15, 0.2) is 54.6 Å². The summed E-state index contributed by atoms with van der Waals surface area (Å²) in [6.45, 7) is 9.23. The van der Waals surface area contributed by atoms with Crippen molar-refractivity contribution in [3.05, 3.63) is 60.2 Å². The Morgan fingerprint density at radius 1 is 0.808 bits per heavy atom. The Bertz CT molecular complexity index is 584. The normalized spacial score (nSPS) is 14.6. The predicted molar refractivity (Wildman–Crippen MR) is 116 cm³/mol. The lowest BCUT2D eigenvalue weighted by Crippen LogP contribution is -2.26. The molecular weight excluding hydrogens is 334 g/mol. The summed E-state index contributed by atoms with van der Waals surface area (Å²) in [5.74, 6) is 2.49. The van der Waals surface area contributed by atoms with Crippen LogP contribution >= 0.6 is 0 Å². The molecule has 1 aliphatic heterocycles. The topological polar surface area (TPSA) is 21.3 Å². The highest BCUT2D eigenvalue weighted by Gasteiger charge is 2.14. The predicted octanol–water partition coefficient (Wildman–Crippen LogP) is 6.22. The minimum absolute atomic E-state index is 0.171. The molecule has 0 unspecified atom stereocenters. The summed E-state index contributed by atoms with van der Waals surface area (Å²) < 4.78 is 5.81. The first-order chi connectivity index (χ1) is 12.8. The number of hydrogen-bond donors (Lipinski definition) is 1. The van der Waals surface area contributed by atoms with Crippen LogP contribution in [0.1, 0.15) is 45.1 Å². The number of hydrogen-bond acceptors (Lipinski definition) is 2. The number of benzene rings is 2. The van der Waals surface area contributed by atoms with Gasteiger partial charge in [-0.15, -0.1) is 0 Å². The summed E-state index contributed by atoms with van der Waals surface area (Å²) >= 11 is 0. The Morgan fingerprint density at radius 2 is 1.35 bits per heavy atom. The van der Waals surface area contributed by atoms with E-state index in [9.17, 15) is 0 Å². The molecule has 26 heavy (non-hydrogen) atoms. The van der Waals surface area contributed by atoms with Crippen molar-refractivity contribution in [2.45, 2.75) is 57.7 Å². The average molecular weight is 370 g/mol. The van der Waals surface area contributed by atoms with Gasteiger partial charge < -0.3 is 10.1 Å². The molecule has 2 aromatic carbocycles. The molecule has 3 rings (SSSR count). The van der Waals surface area contributed by atoms with Gasteiger partial charge in [0.25, 0.3) is 0 Å².